The van der Waals surface area contributed by atoms with E-state index in [1.807, 2.05) is 20.8 Å². The molecule has 3 amide bonds. The smallest absolute Gasteiger partial charge is 0.407 e. The van der Waals surface area contributed by atoms with Crippen molar-refractivity contribution < 1.29 is 51.7 Å². The zero-order valence-corrected chi connectivity index (χ0v) is 38.9. The number of anilines is 1. The average Bonchev–Trinajstić information content (AvgIpc) is 3.54. The molecule has 0 spiro atoms. The second-order valence-corrected chi connectivity index (χ2v) is 18.5. The van der Waals surface area contributed by atoms with Gasteiger partial charge < -0.3 is 40.2 Å². The number of unbranched alkanes of at least 4 members (excludes halogenated alkanes) is 1. The number of carbonyl (C=O) groups is 5. The lowest BCUT2D eigenvalue weighted by Crippen LogP contribution is -2.45. The maximum Gasteiger partial charge on any atom is 0.407 e. The van der Waals surface area contributed by atoms with E-state index in [0.717, 1.165) is 6.07 Å². The summed E-state index contributed by atoms with van der Waals surface area (Å²) < 4.78 is 53.3. The number of nitrogens with zero attached hydrogens (tertiary/aromatic N) is 1. The lowest BCUT2D eigenvalue weighted by Gasteiger charge is -2.37. The molecule has 0 saturated carbocycles. The summed E-state index contributed by atoms with van der Waals surface area (Å²) in [5.41, 5.74) is -3.20. The Morgan fingerprint density at radius 3 is 2.35 bits per heavy atom. The van der Waals surface area contributed by atoms with Crippen molar-refractivity contribution in [2.24, 2.45) is 5.41 Å². The molecular formula is C47H55Cl2F2N5O9. The van der Waals surface area contributed by atoms with Gasteiger partial charge in [-0.1, -0.05) is 74.8 Å². The Morgan fingerprint density at radius 2 is 1.72 bits per heavy atom. The number of amides is 3. The molecule has 0 bridgehead atoms. The Balaban J connectivity index is 1.53. The van der Waals surface area contributed by atoms with Crippen LogP contribution < -0.4 is 26.0 Å². The highest BCUT2D eigenvalue weighted by molar-refractivity contribution is 6.31. The van der Waals surface area contributed by atoms with Gasteiger partial charge in [0.2, 0.25) is 5.91 Å². The number of hydrogen-bond acceptors (Lipinski definition) is 11. The Bertz CT molecular complexity index is 2290. The number of nitrogens with one attached hydrogen (secondary N) is 4. The highest BCUT2D eigenvalue weighted by Gasteiger charge is 2.61. The molecule has 0 aliphatic carbocycles. The van der Waals surface area contributed by atoms with Crippen LogP contribution in [-0.4, -0.2) is 80.4 Å². The molecule has 1 heterocycles. The highest BCUT2D eigenvalue weighted by atomic mass is 35.5. The summed E-state index contributed by atoms with van der Waals surface area (Å²) in [4.78, 5) is 65.3. The molecule has 65 heavy (non-hydrogen) atoms. The van der Waals surface area contributed by atoms with Crippen molar-refractivity contribution >= 4 is 58.7 Å². The van der Waals surface area contributed by atoms with Crippen LogP contribution in [0.1, 0.15) is 94.6 Å². The van der Waals surface area contributed by atoms with Crippen LogP contribution in [0.5, 0.6) is 5.75 Å². The van der Waals surface area contributed by atoms with Crippen molar-refractivity contribution in [1.82, 2.24) is 16.0 Å². The minimum Gasteiger partial charge on any atom is -0.495 e. The van der Waals surface area contributed by atoms with Crippen molar-refractivity contribution in [3.63, 3.8) is 0 Å². The van der Waals surface area contributed by atoms with Crippen LogP contribution in [0.2, 0.25) is 10.0 Å². The van der Waals surface area contributed by atoms with Gasteiger partial charge in [0.05, 0.1) is 35.5 Å². The fraction of sp³-hybridized carbons (Fsp3) is 0.447. The summed E-state index contributed by atoms with van der Waals surface area (Å²) in [6, 6.07) is 10.9. The van der Waals surface area contributed by atoms with Gasteiger partial charge in [0.15, 0.2) is 6.61 Å². The number of esters is 2. The van der Waals surface area contributed by atoms with Gasteiger partial charge in [0, 0.05) is 29.1 Å². The third kappa shape index (κ3) is 13.6. The maximum atomic E-state index is 16.1. The van der Waals surface area contributed by atoms with Crippen molar-refractivity contribution in [2.75, 3.05) is 32.2 Å². The zero-order valence-electron chi connectivity index (χ0n) is 37.4. The molecule has 3 aromatic rings. The number of rotatable bonds is 18. The van der Waals surface area contributed by atoms with E-state index in [1.165, 1.54) is 61.7 Å². The summed E-state index contributed by atoms with van der Waals surface area (Å²) in [7, 11) is 1.29. The predicted molar refractivity (Wildman–Crippen MR) is 241 cm³/mol. The van der Waals surface area contributed by atoms with Gasteiger partial charge in [-0.15, -0.1) is 0 Å². The molecule has 1 aliphatic heterocycles. The Kier molecular flexibility index (Phi) is 17.9. The summed E-state index contributed by atoms with van der Waals surface area (Å²) >= 11 is 12.4. The molecule has 0 radical (unpaired) electrons. The molecule has 0 aromatic heterocycles. The molecule has 1 aliphatic rings. The molecule has 14 nitrogen and oxygen atoms in total. The SMILES string of the molecule is C=CCOC(=O)C(CCCCNC(=O)OC(C)(C)C)NC(=O)COC(=O)c1ccc(NC(=O)C2NC(CC(C)(C)C)C(C#N)(c3ccc(Cl)cc3F)C2c2cccc(Cl)c2F)c(OC)c1. The minimum atomic E-state index is -1.87. The topological polar surface area (TPSA) is 194 Å². The summed E-state index contributed by atoms with van der Waals surface area (Å²) in [5.74, 6) is -6.27. The second-order valence-electron chi connectivity index (χ2n) is 17.6. The lowest BCUT2D eigenvalue weighted by molar-refractivity contribution is -0.147. The summed E-state index contributed by atoms with van der Waals surface area (Å²) in [6.45, 7) is 13.9. The van der Waals surface area contributed by atoms with Gasteiger partial charge in [0.25, 0.3) is 5.91 Å². The number of carbonyl (C=O) groups excluding carboxylic acids is 5. The normalized spacial score (nSPS) is 18.6. The molecule has 18 heteroatoms. The maximum absolute atomic E-state index is 16.1. The number of ether oxygens (including phenoxy) is 4. The number of methoxy groups -OCH3 is 1. The van der Waals surface area contributed by atoms with Crippen LogP contribution in [0, 0.1) is 28.4 Å². The van der Waals surface area contributed by atoms with Crippen LogP contribution in [0.3, 0.4) is 0 Å². The first-order chi connectivity index (χ1) is 30.5. The first kappa shape index (κ1) is 51.9. The van der Waals surface area contributed by atoms with Crippen molar-refractivity contribution in [1.29, 1.82) is 5.26 Å². The molecule has 350 valence electrons. The van der Waals surface area contributed by atoms with Crippen LogP contribution in [0.25, 0.3) is 0 Å². The number of alkyl carbamates (subject to hydrolysis) is 1. The molecule has 1 fully saturated rings. The first-order valence-electron chi connectivity index (χ1n) is 20.8. The standard InChI is InChI=1S/C47H55Cl2F2N5O9/c1-9-21-63-43(60)34(15-10-11-20-53-44(61)65-46(5,6)7)54-37(57)25-64-42(59)27-16-19-33(35(22-27)62-8)55-41(58)40-38(29-13-12-14-31(49)39(29)51)47(26-52,36(56-40)24-45(2,3)4)30-18-17-28(48)23-32(30)50/h9,12-14,16-19,22-23,34,36,38,40,56H,1,10-11,15,20-21,24-25H2,2-8H3,(H,53,61)(H,54,57)(H,55,58). The summed E-state index contributed by atoms with van der Waals surface area (Å²) in [6.07, 6.45) is 2.03. The fourth-order valence-electron chi connectivity index (χ4n) is 7.61. The van der Waals surface area contributed by atoms with Gasteiger partial charge in [0.1, 0.15) is 41.0 Å². The molecule has 1 saturated heterocycles. The molecular weight excluding hydrogens is 887 g/mol. The number of nitriles is 1. The van der Waals surface area contributed by atoms with Crippen LogP contribution in [0.15, 0.2) is 67.3 Å². The van der Waals surface area contributed by atoms with E-state index >= 15 is 8.78 Å². The highest BCUT2D eigenvalue weighted by Crippen LogP contribution is 2.53. The Morgan fingerprint density at radius 1 is 1.00 bits per heavy atom. The van der Waals surface area contributed by atoms with Gasteiger partial charge in [-0.3, -0.25) is 9.59 Å². The van der Waals surface area contributed by atoms with E-state index in [9.17, 15) is 29.2 Å². The van der Waals surface area contributed by atoms with E-state index < -0.39 is 88.6 Å². The number of halogens is 4. The van der Waals surface area contributed by atoms with E-state index in [-0.39, 0.29) is 64.2 Å². The second kappa shape index (κ2) is 22.4. The number of hydrogen-bond donors (Lipinski definition) is 4. The van der Waals surface area contributed by atoms with E-state index in [0.29, 0.717) is 12.8 Å². The Labute approximate surface area is 387 Å². The van der Waals surface area contributed by atoms with Crippen LogP contribution in [0.4, 0.5) is 19.3 Å². The first-order valence-corrected chi connectivity index (χ1v) is 21.6. The van der Waals surface area contributed by atoms with E-state index in [4.69, 9.17) is 42.1 Å². The quantitative estimate of drug-likeness (QED) is 0.0415. The molecule has 4 rings (SSSR count). The van der Waals surface area contributed by atoms with Gasteiger partial charge >= 0.3 is 18.0 Å². The fourth-order valence-corrected chi connectivity index (χ4v) is 7.95. The zero-order chi connectivity index (χ0) is 48.3. The molecule has 3 aromatic carbocycles. The van der Waals surface area contributed by atoms with E-state index in [2.05, 4.69) is 33.9 Å². The predicted octanol–water partition coefficient (Wildman–Crippen LogP) is 8.31. The van der Waals surface area contributed by atoms with Gasteiger partial charge in [-0.2, -0.15) is 5.26 Å². The third-order valence-electron chi connectivity index (χ3n) is 10.3. The average molecular weight is 943 g/mol. The minimum absolute atomic E-state index is 0.00606. The lowest BCUT2D eigenvalue weighted by atomic mass is 9.62. The van der Waals surface area contributed by atoms with Crippen LogP contribution in [-0.2, 0) is 34.0 Å². The third-order valence-corrected chi connectivity index (χ3v) is 10.8. The van der Waals surface area contributed by atoms with E-state index in [1.54, 1.807) is 20.8 Å². The monoisotopic (exact) mass is 941 g/mol. The van der Waals surface area contributed by atoms with Crippen LogP contribution >= 0.6 is 23.2 Å². The molecule has 5 unspecified atom stereocenters. The van der Waals surface area contributed by atoms with Gasteiger partial charge in [-0.25, -0.2) is 23.2 Å². The Hall–Kier alpha value is -5.76. The van der Waals surface area contributed by atoms with Crippen molar-refractivity contribution in [2.45, 2.75) is 102 Å². The number of benzene rings is 3. The van der Waals surface area contributed by atoms with Crippen molar-refractivity contribution in [3.05, 3.63) is 106 Å². The largest absolute Gasteiger partial charge is 0.495 e. The molecule has 4 N–H and O–H groups in total. The van der Waals surface area contributed by atoms with Crippen molar-refractivity contribution in [3.8, 4) is 11.8 Å². The summed E-state index contributed by atoms with van der Waals surface area (Å²) in [5, 5.41) is 22.1. The van der Waals surface area contributed by atoms with Gasteiger partial charge in [-0.05, 0) is 93.8 Å². The molecule has 5 atom stereocenters.